The molecular weight excluding hydrogens is 213 g/mol. The maximum Gasteiger partial charge on any atom is 0.325 e. The summed E-state index contributed by atoms with van der Waals surface area (Å²) in [4.78, 5) is 22.1. The smallest absolute Gasteiger partial charge is 0.325 e. The summed E-state index contributed by atoms with van der Waals surface area (Å²) in [6, 6.07) is 2.79. The van der Waals surface area contributed by atoms with Crippen LogP contribution in [0.5, 0.6) is 0 Å². The monoisotopic (exact) mass is 225 g/mol. The number of benzene rings is 1. The Kier molecular flexibility index (Phi) is 3.60. The number of carboxylic acids is 1. The third-order valence-electron chi connectivity index (χ3n) is 2.16. The fourth-order valence-electron chi connectivity index (χ4n) is 1.17. The van der Waals surface area contributed by atoms with Crippen LogP contribution in [0.15, 0.2) is 18.2 Å². The molecule has 0 saturated carbocycles. The first kappa shape index (κ1) is 12.2. The lowest BCUT2D eigenvalue weighted by atomic mass is 10.1. The number of aliphatic carboxylic acids is 1. The molecule has 1 aromatic carbocycles. The van der Waals surface area contributed by atoms with E-state index in [2.05, 4.69) is 5.32 Å². The van der Waals surface area contributed by atoms with Gasteiger partial charge in [0, 0.05) is 5.56 Å². The van der Waals surface area contributed by atoms with Crippen LogP contribution in [0.2, 0.25) is 0 Å². The van der Waals surface area contributed by atoms with Gasteiger partial charge in [0.15, 0.2) is 0 Å². The molecular formula is C11H12FNO3. The number of carboxylic acid groups (broad SMARTS) is 1. The van der Waals surface area contributed by atoms with Crippen molar-refractivity contribution >= 4 is 11.9 Å². The molecule has 0 fully saturated rings. The highest BCUT2D eigenvalue weighted by atomic mass is 19.1. The van der Waals surface area contributed by atoms with E-state index in [0.717, 1.165) is 6.07 Å². The minimum Gasteiger partial charge on any atom is -0.480 e. The Morgan fingerprint density at radius 1 is 1.44 bits per heavy atom. The number of hydrogen-bond acceptors (Lipinski definition) is 2. The van der Waals surface area contributed by atoms with Gasteiger partial charge in [-0.15, -0.1) is 0 Å². The van der Waals surface area contributed by atoms with E-state index in [1.165, 1.54) is 19.1 Å². The van der Waals surface area contributed by atoms with E-state index in [9.17, 15) is 14.0 Å². The summed E-state index contributed by atoms with van der Waals surface area (Å²) in [5.41, 5.74) is 0.740. The minimum absolute atomic E-state index is 0.146. The van der Waals surface area contributed by atoms with Crippen LogP contribution < -0.4 is 5.32 Å². The molecule has 0 radical (unpaired) electrons. The third kappa shape index (κ3) is 2.79. The van der Waals surface area contributed by atoms with Crippen molar-refractivity contribution in [3.63, 3.8) is 0 Å². The minimum atomic E-state index is -1.14. The molecule has 1 rings (SSSR count). The first-order chi connectivity index (χ1) is 7.41. The van der Waals surface area contributed by atoms with E-state index in [4.69, 9.17) is 5.11 Å². The van der Waals surface area contributed by atoms with E-state index in [0.29, 0.717) is 5.56 Å². The molecule has 4 nitrogen and oxygen atoms in total. The average molecular weight is 225 g/mol. The summed E-state index contributed by atoms with van der Waals surface area (Å²) in [5, 5.41) is 10.9. The second-order valence-corrected chi connectivity index (χ2v) is 3.49. The molecule has 0 heterocycles. The molecule has 1 amide bonds. The number of aryl methyl sites for hydroxylation is 1. The molecule has 0 aliphatic heterocycles. The van der Waals surface area contributed by atoms with Gasteiger partial charge in [-0.05, 0) is 31.5 Å². The number of rotatable bonds is 3. The van der Waals surface area contributed by atoms with Crippen molar-refractivity contribution in [1.29, 1.82) is 0 Å². The van der Waals surface area contributed by atoms with Crippen LogP contribution in [0.3, 0.4) is 0 Å². The van der Waals surface area contributed by atoms with E-state index in [1.54, 1.807) is 6.92 Å². The molecule has 2 N–H and O–H groups in total. The first-order valence-corrected chi connectivity index (χ1v) is 4.71. The van der Waals surface area contributed by atoms with Gasteiger partial charge in [0.05, 0.1) is 0 Å². The van der Waals surface area contributed by atoms with Crippen molar-refractivity contribution in [2.45, 2.75) is 19.9 Å². The second kappa shape index (κ2) is 4.74. The van der Waals surface area contributed by atoms with Crippen LogP contribution in [-0.2, 0) is 4.79 Å². The Labute approximate surface area is 92.1 Å². The quantitative estimate of drug-likeness (QED) is 0.815. The summed E-state index contributed by atoms with van der Waals surface area (Å²) in [6.45, 7) is 2.99. The third-order valence-corrected chi connectivity index (χ3v) is 2.16. The zero-order chi connectivity index (χ0) is 12.3. The van der Waals surface area contributed by atoms with Crippen LogP contribution in [-0.4, -0.2) is 23.0 Å². The van der Waals surface area contributed by atoms with Gasteiger partial charge in [-0.3, -0.25) is 9.59 Å². The molecule has 1 atom stereocenters. The van der Waals surface area contributed by atoms with Gasteiger partial charge >= 0.3 is 5.97 Å². The van der Waals surface area contributed by atoms with Gasteiger partial charge in [0.25, 0.3) is 5.91 Å². The first-order valence-electron chi connectivity index (χ1n) is 4.71. The van der Waals surface area contributed by atoms with Crippen LogP contribution in [0.1, 0.15) is 22.8 Å². The van der Waals surface area contributed by atoms with E-state index < -0.39 is 23.7 Å². The second-order valence-electron chi connectivity index (χ2n) is 3.49. The number of carbonyl (C=O) groups is 2. The van der Waals surface area contributed by atoms with Crippen LogP contribution in [0, 0.1) is 12.7 Å². The lowest BCUT2D eigenvalue weighted by molar-refractivity contribution is -0.138. The fourth-order valence-corrected chi connectivity index (χ4v) is 1.17. The van der Waals surface area contributed by atoms with Gasteiger partial charge in [0.2, 0.25) is 0 Å². The maximum atomic E-state index is 12.9. The van der Waals surface area contributed by atoms with Crippen molar-refractivity contribution in [2.75, 3.05) is 0 Å². The highest BCUT2D eigenvalue weighted by Crippen LogP contribution is 2.10. The van der Waals surface area contributed by atoms with E-state index in [-0.39, 0.29) is 5.56 Å². The van der Waals surface area contributed by atoms with E-state index >= 15 is 0 Å². The molecule has 1 aromatic rings. The summed E-state index contributed by atoms with van der Waals surface area (Å²) in [7, 11) is 0. The molecule has 0 unspecified atom stereocenters. The number of amides is 1. The SMILES string of the molecule is Cc1ccc(F)cc1C(=O)N[C@H](C)C(=O)O. The van der Waals surface area contributed by atoms with Crippen molar-refractivity contribution in [3.05, 3.63) is 35.1 Å². The average Bonchev–Trinajstić information content (AvgIpc) is 2.21. The zero-order valence-electron chi connectivity index (χ0n) is 8.95. The molecule has 0 aliphatic rings. The topological polar surface area (TPSA) is 66.4 Å². The van der Waals surface area contributed by atoms with Crippen molar-refractivity contribution in [1.82, 2.24) is 5.32 Å². The molecule has 0 aliphatic carbocycles. The number of halogens is 1. The Morgan fingerprint density at radius 2 is 2.06 bits per heavy atom. The van der Waals surface area contributed by atoms with Gasteiger partial charge in [-0.2, -0.15) is 0 Å². The van der Waals surface area contributed by atoms with Gasteiger partial charge < -0.3 is 10.4 Å². The summed E-state index contributed by atoms with van der Waals surface area (Å²) >= 11 is 0. The van der Waals surface area contributed by atoms with Gasteiger partial charge in [0.1, 0.15) is 11.9 Å². The van der Waals surface area contributed by atoms with Gasteiger partial charge in [-0.25, -0.2) is 4.39 Å². The molecule has 0 bridgehead atoms. The molecule has 86 valence electrons. The van der Waals surface area contributed by atoms with Crippen molar-refractivity contribution < 1.29 is 19.1 Å². The number of hydrogen-bond donors (Lipinski definition) is 2. The van der Waals surface area contributed by atoms with Crippen molar-refractivity contribution in [3.8, 4) is 0 Å². The summed E-state index contributed by atoms with van der Waals surface area (Å²) in [5.74, 6) is -2.26. The molecule has 0 spiro atoms. The number of nitrogens with one attached hydrogen (secondary N) is 1. The summed E-state index contributed by atoms with van der Waals surface area (Å²) in [6.07, 6.45) is 0. The maximum absolute atomic E-state index is 12.9. The molecule has 0 aromatic heterocycles. The fraction of sp³-hybridized carbons (Fsp3) is 0.273. The standard InChI is InChI=1S/C11H12FNO3/c1-6-3-4-8(12)5-9(6)10(14)13-7(2)11(15)16/h3-5,7H,1-2H3,(H,13,14)(H,15,16)/t7-/m1/s1. The molecule has 16 heavy (non-hydrogen) atoms. The van der Waals surface area contributed by atoms with Crippen molar-refractivity contribution in [2.24, 2.45) is 0 Å². The highest BCUT2D eigenvalue weighted by molar-refractivity contribution is 5.97. The van der Waals surface area contributed by atoms with Crippen LogP contribution in [0.4, 0.5) is 4.39 Å². The Morgan fingerprint density at radius 3 is 2.62 bits per heavy atom. The predicted molar refractivity (Wildman–Crippen MR) is 55.7 cm³/mol. The lowest BCUT2D eigenvalue weighted by Crippen LogP contribution is -2.38. The Balaban J connectivity index is 2.88. The molecule has 5 heteroatoms. The number of carbonyl (C=O) groups excluding carboxylic acids is 1. The summed E-state index contributed by atoms with van der Waals surface area (Å²) < 4.78 is 12.9. The lowest BCUT2D eigenvalue weighted by Gasteiger charge is -2.10. The Bertz CT molecular complexity index is 431. The zero-order valence-corrected chi connectivity index (χ0v) is 8.95. The highest BCUT2D eigenvalue weighted by Gasteiger charge is 2.16. The van der Waals surface area contributed by atoms with Crippen LogP contribution >= 0.6 is 0 Å². The molecule has 0 saturated heterocycles. The Hall–Kier alpha value is -1.91. The predicted octanol–water partition coefficient (Wildman–Crippen LogP) is 1.34. The van der Waals surface area contributed by atoms with Crippen LogP contribution in [0.25, 0.3) is 0 Å². The van der Waals surface area contributed by atoms with Gasteiger partial charge in [-0.1, -0.05) is 6.07 Å². The normalized spacial score (nSPS) is 11.9. The largest absolute Gasteiger partial charge is 0.480 e. The van der Waals surface area contributed by atoms with E-state index in [1.807, 2.05) is 0 Å².